The number of hydrogen-bond acceptors (Lipinski definition) is 2. The molecule has 0 amide bonds. The molecule has 0 unspecified atom stereocenters. The number of rotatable bonds is 7. The van der Waals surface area contributed by atoms with Gasteiger partial charge in [0.05, 0.1) is 11.0 Å². The molecule has 2 aromatic heterocycles. The molecule has 0 radical (unpaired) electrons. The van der Waals surface area contributed by atoms with E-state index in [1.165, 1.54) is 43.9 Å². The second-order valence-electron chi connectivity index (χ2n) is 15.7. The van der Waals surface area contributed by atoms with E-state index in [4.69, 9.17) is 4.42 Å². The number of hydrogen-bond donors (Lipinski definition) is 0. The van der Waals surface area contributed by atoms with Crippen molar-refractivity contribution in [2.45, 2.75) is 0 Å². The molecule has 12 rings (SSSR count). The van der Waals surface area contributed by atoms with E-state index in [0.717, 1.165) is 66.8 Å². The second kappa shape index (κ2) is 14.3. The van der Waals surface area contributed by atoms with Crippen LogP contribution in [-0.2, 0) is 0 Å². The summed E-state index contributed by atoms with van der Waals surface area (Å²) in [7, 11) is 0. The Labute approximate surface area is 353 Å². The van der Waals surface area contributed by atoms with Gasteiger partial charge >= 0.3 is 0 Å². The van der Waals surface area contributed by atoms with Crippen LogP contribution in [0.2, 0.25) is 0 Å². The topological polar surface area (TPSA) is 21.3 Å². The van der Waals surface area contributed by atoms with Gasteiger partial charge in [0.2, 0.25) is 0 Å². The van der Waals surface area contributed by atoms with Crippen molar-refractivity contribution in [3.8, 4) is 39.1 Å². The number of para-hydroxylation sites is 3. The Morgan fingerprint density at radius 3 is 1.59 bits per heavy atom. The molecule has 0 spiro atoms. The molecule has 0 saturated heterocycles. The standard InChI is InChI=1S/C58H38N2O/c1-2-13-39(14-3-1)43-16-10-18-47(37-43)59(46-34-29-42(30-35-46)50-23-12-24-53-54-36-31-41-15-4-5-20-49(41)58(54)61-57(50)53)45-32-27-40(28-33-45)44-17-11-19-48(38-44)60-55-25-8-6-21-51(55)52-22-7-9-26-56(52)60/h1-38H. The molecule has 0 aliphatic carbocycles. The minimum atomic E-state index is 0.909. The van der Waals surface area contributed by atoms with E-state index in [-0.39, 0.29) is 0 Å². The van der Waals surface area contributed by atoms with Gasteiger partial charge in [-0.05, 0) is 99.9 Å². The summed E-state index contributed by atoms with van der Waals surface area (Å²) >= 11 is 0. The van der Waals surface area contributed by atoms with Crippen LogP contribution in [0.5, 0.6) is 0 Å². The Bertz CT molecular complexity index is 3520. The summed E-state index contributed by atoms with van der Waals surface area (Å²) < 4.78 is 9.10. The summed E-state index contributed by atoms with van der Waals surface area (Å²) in [5.74, 6) is 0. The largest absolute Gasteiger partial charge is 0.455 e. The molecular weight excluding hydrogens is 741 g/mol. The highest BCUT2D eigenvalue weighted by Crippen LogP contribution is 2.42. The van der Waals surface area contributed by atoms with Crippen molar-refractivity contribution < 1.29 is 4.42 Å². The van der Waals surface area contributed by atoms with Gasteiger partial charge in [-0.15, -0.1) is 0 Å². The summed E-state index contributed by atoms with van der Waals surface area (Å²) in [5.41, 5.74) is 15.5. The first-order valence-electron chi connectivity index (χ1n) is 20.8. The van der Waals surface area contributed by atoms with E-state index in [0.29, 0.717) is 0 Å². The summed E-state index contributed by atoms with van der Waals surface area (Å²) in [5, 5.41) is 7.10. The van der Waals surface area contributed by atoms with E-state index in [9.17, 15) is 0 Å². The van der Waals surface area contributed by atoms with Crippen LogP contribution in [0, 0.1) is 0 Å². The van der Waals surface area contributed by atoms with Crippen LogP contribution in [0.25, 0.3) is 93.6 Å². The minimum Gasteiger partial charge on any atom is -0.455 e. The molecule has 12 aromatic rings. The van der Waals surface area contributed by atoms with Crippen molar-refractivity contribution >= 4 is 71.6 Å². The van der Waals surface area contributed by atoms with Crippen molar-refractivity contribution in [3.05, 3.63) is 231 Å². The highest BCUT2D eigenvalue weighted by atomic mass is 16.3. The Balaban J connectivity index is 0.940. The third-order valence-electron chi connectivity index (χ3n) is 12.2. The Morgan fingerprint density at radius 1 is 0.311 bits per heavy atom. The third-order valence-corrected chi connectivity index (χ3v) is 12.2. The average Bonchev–Trinajstić information content (AvgIpc) is 3.89. The summed E-state index contributed by atoms with van der Waals surface area (Å²) in [4.78, 5) is 2.35. The number of fused-ring (bicyclic) bond motifs is 8. The van der Waals surface area contributed by atoms with Crippen molar-refractivity contribution in [3.63, 3.8) is 0 Å². The lowest BCUT2D eigenvalue weighted by atomic mass is 10.0. The molecular formula is C58H38N2O. The molecule has 0 bridgehead atoms. The molecule has 0 aliphatic rings. The van der Waals surface area contributed by atoms with Crippen LogP contribution in [0.3, 0.4) is 0 Å². The molecule has 0 fully saturated rings. The molecule has 3 heteroatoms. The maximum Gasteiger partial charge on any atom is 0.143 e. The van der Waals surface area contributed by atoms with Crippen LogP contribution >= 0.6 is 0 Å². The first kappa shape index (κ1) is 34.9. The summed E-state index contributed by atoms with van der Waals surface area (Å²) in [6.07, 6.45) is 0. The second-order valence-corrected chi connectivity index (χ2v) is 15.7. The number of furan rings is 1. The Morgan fingerprint density at radius 2 is 0.852 bits per heavy atom. The molecule has 2 heterocycles. The Kier molecular flexibility index (Phi) is 8.17. The van der Waals surface area contributed by atoms with E-state index >= 15 is 0 Å². The lowest BCUT2D eigenvalue weighted by Gasteiger charge is -2.26. The zero-order chi connectivity index (χ0) is 40.3. The van der Waals surface area contributed by atoms with Crippen LogP contribution in [0.1, 0.15) is 0 Å². The monoisotopic (exact) mass is 778 g/mol. The SMILES string of the molecule is c1ccc(-c2cccc(N(c3ccc(-c4cccc(-n5c6ccccc6c6ccccc65)c4)cc3)c3ccc(-c4cccc5c4oc4c6ccccc6ccc54)cc3)c2)cc1. The minimum absolute atomic E-state index is 0.909. The van der Waals surface area contributed by atoms with E-state index in [2.05, 4.69) is 240 Å². The molecule has 61 heavy (non-hydrogen) atoms. The predicted octanol–water partition coefficient (Wildman–Crippen LogP) is 16.3. The fourth-order valence-electron chi connectivity index (χ4n) is 9.27. The van der Waals surface area contributed by atoms with Gasteiger partial charge in [0.25, 0.3) is 0 Å². The maximum absolute atomic E-state index is 6.72. The number of aromatic nitrogens is 1. The number of benzene rings is 10. The van der Waals surface area contributed by atoms with Gasteiger partial charge in [-0.25, -0.2) is 0 Å². The average molecular weight is 779 g/mol. The van der Waals surface area contributed by atoms with E-state index in [1.54, 1.807) is 0 Å². The van der Waals surface area contributed by atoms with Gasteiger partial charge in [-0.3, -0.25) is 0 Å². The van der Waals surface area contributed by atoms with Crippen molar-refractivity contribution in [2.75, 3.05) is 4.90 Å². The number of anilines is 3. The molecule has 0 atom stereocenters. The molecule has 0 saturated carbocycles. The van der Waals surface area contributed by atoms with Gasteiger partial charge in [0, 0.05) is 55.2 Å². The molecule has 286 valence electrons. The summed E-state index contributed by atoms with van der Waals surface area (Å²) in [6, 6.07) is 82.8. The van der Waals surface area contributed by atoms with Crippen molar-refractivity contribution in [1.82, 2.24) is 4.57 Å². The normalized spacial score (nSPS) is 11.6. The first-order chi connectivity index (χ1) is 30.2. The zero-order valence-corrected chi connectivity index (χ0v) is 33.2. The lowest BCUT2D eigenvalue weighted by Crippen LogP contribution is -2.10. The van der Waals surface area contributed by atoms with Crippen molar-refractivity contribution in [2.24, 2.45) is 0 Å². The van der Waals surface area contributed by atoms with Gasteiger partial charge in [0.15, 0.2) is 0 Å². The van der Waals surface area contributed by atoms with Gasteiger partial charge < -0.3 is 13.9 Å². The smallest absolute Gasteiger partial charge is 0.143 e. The van der Waals surface area contributed by atoms with Crippen LogP contribution in [0.15, 0.2) is 235 Å². The molecule has 0 N–H and O–H groups in total. The zero-order valence-electron chi connectivity index (χ0n) is 33.2. The highest BCUT2D eigenvalue weighted by Gasteiger charge is 2.18. The quantitative estimate of drug-likeness (QED) is 0.161. The maximum atomic E-state index is 6.72. The fourth-order valence-corrected chi connectivity index (χ4v) is 9.27. The first-order valence-corrected chi connectivity index (χ1v) is 20.8. The molecule has 0 aliphatic heterocycles. The highest BCUT2D eigenvalue weighted by molar-refractivity contribution is 6.17. The van der Waals surface area contributed by atoms with E-state index in [1.807, 2.05) is 0 Å². The Hall–Kier alpha value is -8.14. The molecule has 3 nitrogen and oxygen atoms in total. The number of nitrogens with zero attached hydrogens (tertiary/aromatic N) is 2. The third kappa shape index (κ3) is 5.90. The van der Waals surface area contributed by atoms with Gasteiger partial charge in [-0.2, -0.15) is 0 Å². The fraction of sp³-hybridized carbons (Fsp3) is 0. The lowest BCUT2D eigenvalue weighted by molar-refractivity contribution is 0.674. The predicted molar refractivity (Wildman–Crippen MR) is 257 cm³/mol. The van der Waals surface area contributed by atoms with Gasteiger partial charge in [0.1, 0.15) is 11.2 Å². The van der Waals surface area contributed by atoms with Crippen LogP contribution < -0.4 is 4.90 Å². The summed E-state index contributed by atoms with van der Waals surface area (Å²) in [6.45, 7) is 0. The molecule has 10 aromatic carbocycles. The van der Waals surface area contributed by atoms with Crippen LogP contribution in [-0.4, -0.2) is 4.57 Å². The van der Waals surface area contributed by atoms with Crippen molar-refractivity contribution in [1.29, 1.82) is 0 Å². The van der Waals surface area contributed by atoms with Crippen LogP contribution in [0.4, 0.5) is 17.1 Å². The van der Waals surface area contributed by atoms with E-state index < -0.39 is 0 Å². The van der Waals surface area contributed by atoms with Gasteiger partial charge in [-0.1, -0.05) is 164 Å².